The van der Waals surface area contributed by atoms with Crippen molar-refractivity contribution >= 4 is 28.7 Å². The van der Waals surface area contributed by atoms with E-state index in [2.05, 4.69) is 10.3 Å². The largest absolute Gasteiger partial charge is 0.472 e. The summed E-state index contributed by atoms with van der Waals surface area (Å²) in [5.41, 5.74) is 1.47. The van der Waals surface area contributed by atoms with Gasteiger partial charge in [-0.05, 0) is 62.8 Å². The lowest BCUT2D eigenvalue weighted by Crippen LogP contribution is -2.41. The number of furan rings is 1. The minimum atomic E-state index is -0.581. The smallest absolute Gasteiger partial charge is 0.257 e. The van der Waals surface area contributed by atoms with Crippen LogP contribution in [-0.2, 0) is 4.79 Å². The summed E-state index contributed by atoms with van der Waals surface area (Å²) in [7, 11) is 0. The third-order valence-corrected chi connectivity index (χ3v) is 7.24. The maximum Gasteiger partial charge on any atom is 0.257 e. The molecule has 31 heavy (non-hydrogen) atoms. The molecule has 0 spiro atoms. The first-order chi connectivity index (χ1) is 14.8. The fourth-order valence-electron chi connectivity index (χ4n) is 4.16. The van der Waals surface area contributed by atoms with Gasteiger partial charge in [-0.25, -0.2) is 4.39 Å². The van der Waals surface area contributed by atoms with E-state index in [1.54, 1.807) is 18.2 Å². The Kier molecular flexibility index (Phi) is 6.18. The zero-order valence-corrected chi connectivity index (χ0v) is 18.5. The highest BCUT2D eigenvalue weighted by molar-refractivity contribution is 8.16. The highest BCUT2D eigenvalue weighted by Crippen LogP contribution is 2.40. The molecule has 3 heterocycles. The predicted molar refractivity (Wildman–Crippen MR) is 118 cm³/mol. The van der Waals surface area contributed by atoms with E-state index in [0.717, 1.165) is 24.8 Å². The molecule has 2 aliphatic heterocycles. The first-order valence-corrected chi connectivity index (χ1v) is 11.3. The lowest BCUT2D eigenvalue weighted by Gasteiger charge is -2.34. The molecule has 2 aromatic rings. The minimum absolute atomic E-state index is 0.00408. The first-order valence-electron chi connectivity index (χ1n) is 10.5. The highest BCUT2D eigenvalue weighted by Gasteiger charge is 2.44. The Hall–Kier alpha value is -2.61. The van der Waals surface area contributed by atoms with Gasteiger partial charge in [0.1, 0.15) is 12.1 Å². The molecule has 2 amide bonds. The minimum Gasteiger partial charge on any atom is -0.472 e. The molecular weight excluding hydrogens is 417 g/mol. The van der Waals surface area contributed by atoms with Crippen molar-refractivity contribution in [2.45, 2.75) is 43.9 Å². The molecule has 1 aromatic carbocycles. The van der Waals surface area contributed by atoms with Crippen molar-refractivity contribution in [2.75, 3.05) is 13.1 Å². The maximum atomic E-state index is 13.1. The average Bonchev–Trinajstić information content (AvgIpc) is 3.37. The van der Waals surface area contributed by atoms with Crippen LogP contribution >= 0.6 is 11.8 Å². The fraction of sp³-hybridized carbons (Fsp3) is 0.435. The van der Waals surface area contributed by atoms with Crippen molar-refractivity contribution in [1.29, 1.82) is 0 Å². The summed E-state index contributed by atoms with van der Waals surface area (Å²) in [4.78, 5) is 31.7. The SMILES string of the molecule is C[C@H](N=C1NC(=O)C(C)(CC2CCN(C(=O)c3ccoc3)CC2)S1)c1ccc(F)cc1. The zero-order chi connectivity index (χ0) is 22.0. The Labute approximate surface area is 185 Å². The number of piperidine rings is 1. The van der Waals surface area contributed by atoms with Crippen molar-refractivity contribution < 1.29 is 18.4 Å². The maximum absolute atomic E-state index is 13.1. The van der Waals surface area contributed by atoms with Gasteiger partial charge in [-0.3, -0.25) is 14.6 Å². The molecule has 2 atom stereocenters. The molecule has 1 aromatic heterocycles. The quantitative estimate of drug-likeness (QED) is 0.743. The second kappa shape index (κ2) is 8.86. The van der Waals surface area contributed by atoms with E-state index in [0.29, 0.717) is 29.7 Å². The fourth-order valence-corrected chi connectivity index (χ4v) is 5.40. The number of amidine groups is 1. The molecule has 8 heteroatoms. The van der Waals surface area contributed by atoms with Gasteiger partial charge in [-0.15, -0.1) is 0 Å². The van der Waals surface area contributed by atoms with Crippen LogP contribution in [0.25, 0.3) is 0 Å². The number of aliphatic imine (C=N–C) groups is 1. The molecule has 2 fully saturated rings. The average molecular weight is 444 g/mol. The van der Waals surface area contributed by atoms with Crippen LogP contribution in [0.3, 0.4) is 0 Å². The Morgan fingerprint density at radius 1 is 1.32 bits per heavy atom. The number of rotatable bonds is 5. The van der Waals surface area contributed by atoms with Gasteiger partial charge in [0, 0.05) is 13.1 Å². The summed E-state index contributed by atoms with van der Waals surface area (Å²) in [5, 5.41) is 3.52. The molecule has 6 nitrogen and oxygen atoms in total. The van der Waals surface area contributed by atoms with Crippen LogP contribution in [0.5, 0.6) is 0 Å². The number of carbonyl (C=O) groups excluding carboxylic acids is 2. The normalized spacial score (nSPS) is 24.4. The van der Waals surface area contributed by atoms with Crippen LogP contribution < -0.4 is 5.32 Å². The number of benzene rings is 1. The third kappa shape index (κ3) is 4.84. The van der Waals surface area contributed by atoms with Crippen LogP contribution in [0.4, 0.5) is 4.39 Å². The van der Waals surface area contributed by atoms with E-state index in [4.69, 9.17) is 4.42 Å². The van der Waals surface area contributed by atoms with Gasteiger partial charge < -0.3 is 14.6 Å². The summed E-state index contributed by atoms with van der Waals surface area (Å²) < 4.78 is 17.6. The summed E-state index contributed by atoms with van der Waals surface area (Å²) in [6.45, 7) is 5.25. The molecule has 164 valence electrons. The Morgan fingerprint density at radius 2 is 2.03 bits per heavy atom. The molecule has 2 saturated heterocycles. The van der Waals surface area contributed by atoms with Crippen molar-refractivity contribution in [3.05, 3.63) is 59.8 Å². The van der Waals surface area contributed by atoms with Crippen LogP contribution in [0.1, 0.15) is 55.1 Å². The Bertz CT molecular complexity index is 968. The summed E-state index contributed by atoms with van der Waals surface area (Å²) in [6, 6.07) is 7.76. The molecule has 0 saturated carbocycles. The summed E-state index contributed by atoms with van der Waals surface area (Å²) in [6.07, 6.45) is 5.45. The molecule has 0 radical (unpaired) electrons. The molecular formula is C23H26FN3O3S. The number of nitrogens with one attached hydrogen (secondary N) is 1. The lowest BCUT2D eigenvalue weighted by molar-refractivity contribution is -0.121. The van der Waals surface area contributed by atoms with E-state index in [-0.39, 0.29) is 23.7 Å². The topological polar surface area (TPSA) is 74.9 Å². The van der Waals surface area contributed by atoms with Gasteiger partial charge in [-0.1, -0.05) is 23.9 Å². The van der Waals surface area contributed by atoms with Gasteiger partial charge in [-0.2, -0.15) is 0 Å². The molecule has 1 unspecified atom stereocenters. The zero-order valence-electron chi connectivity index (χ0n) is 17.6. The van der Waals surface area contributed by atoms with E-state index in [1.807, 2.05) is 18.7 Å². The lowest BCUT2D eigenvalue weighted by atomic mass is 9.87. The van der Waals surface area contributed by atoms with E-state index in [9.17, 15) is 14.0 Å². The molecule has 0 aliphatic carbocycles. The molecule has 2 aliphatic rings. The monoisotopic (exact) mass is 443 g/mol. The van der Waals surface area contributed by atoms with Gasteiger partial charge in [0.15, 0.2) is 5.17 Å². The van der Waals surface area contributed by atoms with Crippen molar-refractivity contribution in [2.24, 2.45) is 10.9 Å². The van der Waals surface area contributed by atoms with Crippen molar-refractivity contribution in [3.63, 3.8) is 0 Å². The summed E-state index contributed by atoms with van der Waals surface area (Å²) in [5.74, 6) is 0.0535. The Balaban J connectivity index is 1.34. The number of likely N-dealkylation sites (tertiary alicyclic amines) is 1. The number of nitrogens with zero attached hydrogens (tertiary/aromatic N) is 2. The van der Waals surface area contributed by atoms with Gasteiger partial charge in [0.2, 0.25) is 5.91 Å². The number of hydrogen-bond donors (Lipinski definition) is 1. The predicted octanol–water partition coefficient (Wildman–Crippen LogP) is 4.40. The number of hydrogen-bond acceptors (Lipinski definition) is 5. The van der Waals surface area contributed by atoms with Crippen LogP contribution in [-0.4, -0.2) is 39.7 Å². The molecule has 0 bridgehead atoms. The van der Waals surface area contributed by atoms with Crippen molar-refractivity contribution in [1.82, 2.24) is 10.2 Å². The molecule has 1 N–H and O–H groups in total. The van der Waals surface area contributed by atoms with Crippen molar-refractivity contribution in [3.8, 4) is 0 Å². The third-order valence-electron chi connectivity index (χ3n) is 6.03. The van der Waals surface area contributed by atoms with Gasteiger partial charge in [0.25, 0.3) is 5.91 Å². The first kappa shape index (κ1) is 21.6. The summed E-state index contributed by atoms with van der Waals surface area (Å²) >= 11 is 1.47. The number of halogens is 1. The number of thioether (sulfide) groups is 1. The number of carbonyl (C=O) groups is 2. The van der Waals surface area contributed by atoms with E-state index in [1.165, 1.54) is 36.4 Å². The standard InChI is InChI=1S/C23H26FN3O3S/c1-15(17-3-5-19(24)6-4-17)25-22-26-21(29)23(2,31-22)13-16-7-10-27(11-8-16)20(28)18-9-12-30-14-18/h3-6,9,12,14-16H,7-8,10-11,13H2,1-2H3,(H,25,26,29)/t15-,23?/m0/s1. The van der Waals surface area contributed by atoms with Crippen LogP contribution in [0.2, 0.25) is 0 Å². The van der Waals surface area contributed by atoms with Gasteiger partial charge in [0.05, 0.1) is 22.6 Å². The van der Waals surface area contributed by atoms with Crippen LogP contribution in [0, 0.1) is 11.7 Å². The second-order valence-corrected chi connectivity index (χ2v) is 9.89. The van der Waals surface area contributed by atoms with Crippen LogP contribution in [0.15, 0.2) is 52.3 Å². The Morgan fingerprint density at radius 3 is 2.68 bits per heavy atom. The number of amides is 2. The second-order valence-electron chi connectivity index (χ2n) is 8.40. The van der Waals surface area contributed by atoms with E-state index >= 15 is 0 Å². The molecule has 4 rings (SSSR count). The van der Waals surface area contributed by atoms with E-state index < -0.39 is 4.75 Å². The highest BCUT2D eigenvalue weighted by atomic mass is 32.2. The van der Waals surface area contributed by atoms with Gasteiger partial charge >= 0.3 is 0 Å².